The van der Waals surface area contributed by atoms with E-state index in [9.17, 15) is 4.79 Å². The molecule has 2 N–H and O–H groups in total. The van der Waals surface area contributed by atoms with Crippen molar-refractivity contribution in [1.29, 1.82) is 0 Å². The van der Waals surface area contributed by atoms with Crippen LogP contribution in [0.3, 0.4) is 0 Å². The van der Waals surface area contributed by atoms with Gasteiger partial charge in [0.1, 0.15) is 0 Å². The van der Waals surface area contributed by atoms with E-state index in [2.05, 4.69) is 22.4 Å². The Labute approximate surface area is 121 Å². The minimum atomic E-state index is -0.281. The number of benzene rings is 1. The number of nitrogens with zero attached hydrogens (tertiary/aromatic N) is 1. The molecule has 0 aliphatic heterocycles. The zero-order valence-corrected chi connectivity index (χ0v) is 11.8. The molecule has 19 heavy (non-hydrogen) atoms. The molecule has 0 aliphatic rings. The lowest BCUT2D eigenvalue weighted by molar-refractivity contribution is 0.102. The van der Waals surface area contributed by atoms with E-state index < -0.39 is 0 Å². The van der Waals surface area contributed by atoms with Crippen LogP contribution < -0.4 is 5.32 Å². The SMILES string of the molecule is CCCc1cc(C(=O)Nc2ccc(Cl)c(Cl)c2)n[nH]1. The summed E-state index contributed by atoms with van der Waals surface area (Å²) in [5.74, 6) is -0.281. The Morgan fingerprint density at radius 3 is 2.79 bits per heavy atom. The Morgan fingerprint density at radius 1 is 1.32 bits per heavy atom. The molecule has 1 heterocycles. The number of anilines is 1. The molecule has 0 bridgehead atoms. The van der Waals surface area contributed by atoms with Crippen LogP contribution in [0, 0.1) is 0 Å². The van der Waals surface area contributed by atoms with Gasteiger partial charge in [-0.25, -0.2) is 0 Å². The lowest BCUT2D eigenvalue weighted by Crippen LogP contribution is -2.12. The summed E-state index contributed by atoms with van der Waals surface area (Å²) in [6.45, 7) is 2.07. The maximum absolute atomic E-state index is 12.0. The van der Waals surface area contributed by atoms with E-state index in [1.165, 1.54) is 0 Å². The summed E-state index contributed by atoms with van der Waals surface area (Å²) in [6, 6.07) is 6.66. The van der Waals surface area contributed by atoms with E-state index in [0.29, 0.717) is 21.4 Å². The maximum Gasteiger partial charge on any atom is 0.276 e. The van der Waals surface area contributed by atoms with E-state index in [1.54, 1.807) is 24.3 Å². The zero-order valence-electron chi connectivity index (χ0n) is 10.3. The highest BCUT2D eigenvalue weighted by atomic mass is 35.5. The summed E-state index contributed by atoms with van der Waals surface area (Å²) in [5.41, 5.74) is 1.88. The third kappa shape index (κ3) is 3.49. The number of nitrogens with one attached hydrogen (secondary N) is 2. The molecule has 0 radical (unpaired) electrons. The Bertz CT molecular complexity index is 595. The van der Waals surface area contributed by atoms with Gasteiger partial charge in [-0.05, 0) is 30.7 Å². The third-order valence-electron chi connectivity index (χ3n) is 2.56. The molecule has 1 amide bonds. The molecule has 0 spiro atoms. The highest BCUT2D eigenvalue weighted by molar-refractivity contribution is 6.42. The fraction of sp³-hybridized carbons (Fsp3) is 0.231. The second-order valence-electron chi connectivity index (χ2n) is 4.11. The van der Waals surface area contributed by atoms with E-state index in [4.69, 9.17) is 23.2 Å². The molecule has 4 nitrogen and oxygen atoms in total. The largest absolute Gasteiger partial charge is 0.321 e. The van der Waals surface area contributed by atoms with Crippen LogP contribution in [-0.2, 0) is 6.42 Å². The number of aromatic amines is 1. The number of hydrogen-bond acceptors (Lipinski definition) is 2. The predicted molar refractivity (Wildman–Crippen MR) is 77.0 cm³/mol. The fourth-order valence-electron chi connectivity index (χ4n) is 1.64. The van der Waals surface area contributed by atoms with Crippen molar-refractivity contribution < 1.29 is 4.79 Å². The van der Waals surface area contributed by atoms with Crippen molar-refractivity contribution in [3.63, 3.8) is 0 Å². The summed E-state index contributed by atoms with van der Waals surface area (Å²) in [6.07, 6.45) is 1.86. The van der Waals surface area contributed by atoms with Gasteiger partial charge < -0.3 is 5.32 Å². The average Bonchev–Trinajstić information content (AvgIpc) is 2.83. The van der Waals surface area contributed by atoms with Gasteiger partial charge in [0, 0.05) is 11.4 Å². The smallest absolute Gasteiger partial charge is 0.276 e. The molecule has 0 atom stereocenters. The van der Waals surface area contributed by atoms with Gasteiger partial charge in [-0.3, -0.25) is 9.89 Å². The number of H-pyrrole nitrogens is 1. The number of halogens is 2. The van der Waals surface area contributed by atoms with Crippen LogP contribution in [0.2, 0.25) is 10.0 Å². The van der Waals surface area contributed by atoms with Gasteiger partial charge in [-0.2, -0.15) is 5.10 Å². The molecule has 2 aromatic rings. The third-order valence-corrected chi connectivity index (χ3v) is 3.30. The first-order chi connectivity index (χ1) is 9.10. The minimum Gasteiger partial charge on any atom is -0.321 e. The Hall–Kier alpha value is -1.52. The molecule has 0 aliphatic carbocycles. The number of carbonyl (C=O) groups is 1. The molecular weight excluding hydrogens is 285 g/mol. The number of rotatable bonds is 4. The Morgan fingerprint density at radius 2 is 2.11 bits per heavy atom. The second-order valence-corrected chi connectivity index (χ2v) is 4.93. The van der Waals surface area contributed by atoms with Gasteiger partial charge in [0.2, 0.25) is 0 Å². The van der Waals surface area contributed by atoms with Crippen molar-refractivity contribution in [2.75, 3.05) is 5.32 Å². The van der Waals surface area contributed by atoms with Gasteiger partial charge in [-0.15, -0.1) is 0 Å². The lowest BCUT2D eigenvalue weighted by atomic mass is 10.2. The highest BCUT2D eigenvalue weighted by Gasteiger charge is 2.11. The van der Waals surface area contributed by atoms with Crippen LogP contribution in [0.1, 0.15) is 29.5 Å². The summed E-state index contributed by atoms with van der Waals surface area (Å²) >= 11 is 11.7. The van der Waals surface area contributed by atoms with Gasteiger partial charge in [0.15, 0.2) is 5.69 Å². The first-order valence-electron chi connectivity index (χ1n) is 5.91. The number of amides is 1. The highest BCUT2D eigenvalue weighted by Crippen LogP contribution is 2.25. The summed E-state index contributed by atoms with van der Waals surface area (Å²) in [4.78, 5) is 12.0. The standard InChI is InChI=1S/C13H13Cl2N3O/c1-2-3-9-7-12(18-17-9)13(19)16-8-4-5-10(14)11(15)6-8/h4-7H,2-3H2,1H3,(H,16,19)(H,17,18). The molecule has 2 rings (SSSR count). The van der Waals surface area contributed by atoms with Crippen molar-refractivity contribution in [3.05, 3.63) is 45.7 Å². The van der Waals surface area contributed by atoms with Crippen molar-refractivity contribution >= 4 is 34.8 Å². The van der Waals surface area contributed by atoms with Crippen LogP contribution in [-0.4, -0.2) is 16.1 Å². The molecule has 100 valence electrons. The molecule has 1 aromatic heterocycles. The monoisotopic (exact) mass is 297 g/mol. The minimum absolute atomic E-state index is 0.281. The number of aryl methyl sites for hydroxylation is 1. The molecule has 0 unspecified atom stereocenters. The molecule has 1 aromatic carbocycles. The fourth-order valence-corrected chi connectivity index (χ4v) is 1.94. The molecule has 0 fully saturated rings. The quantitative estimate of drug-likeness (QED) is 0.898. The first kappa shape index (κ1) is 13.9. The van der Waals surface area contributed by atoms with E-state index in [0.717, 1.165) is 18.5 Å². The predicted octanol–water partition coefficient (Wildman–Crippen LogP) is 3.92. The molecular formula is C13H13Cl2N3O. The number of hydrogen-bond donors (Lipinski definition) is 2. The van der Waals surface area contributed by atoms with Gasteiger partial charge in [-0.1, -0.05) is 36.5 Å². The Balaban J connectivity index is 2.09. The van der Waals surface area contributed by atoms with Gasteiger partial charge in [0.05, 0.1) is 10.0 Å². The molecule has 0 saturated carbocycles. The van der Waals surface area contributed by atoms with E-state index in [-0.39, 0.29) is 5.91 Å². The number of carbonyl (C=O) groups excluding carboxylic acids is 1. The van der Waals surface area contributed by atoms with Gasteiger partial charge in [0.25, 0.3) is 5.91 Å². The lowest BCUT2D eigenvalue weighted by Gasteiger charge is -2.04. The van der Waals surface area contributed by atoms with Crippen LogP contribution in [0.5, 0.6) is 0 Å². The summed E-state index contributed by atoms with van der Waals surface area (Å²) in [7, 11) is 0. The number of aromatic nitrogens is 2. The first-order valence-corrected chi connectivity index (χ1v) is 6.66. The van der Waals surface area contributed by atoms with E-state index >= 15 is 0 Å². The van der Waals surface area contributed by atoms with Crippen molar-refractivity contribution in [2.45, 2.75) is 19.8 Å². The topological polar surface area (TPSA) is 57.8 Å². The Kier molecular flexibility index (Phi) is 4.45. The zero-order chi connectivity index (χ0) is 13.8. The summed E-state index contributed by atoms with van der Waals surface area (Å²) in [5, 5.41) is 10.4. The van der Waals surface area contributed by atoms with Crippen LogP contribution >= 0.6 is 23.2 Å². The van der Waals surface area contributed by atoms with Crippen molar-refractivity contribution in [1.82, 2.24) is 10.2 Å². The normalized spacial score (nSPS) is 10.5. The van der Waals surface area contributed by atoms with Crippen LogP contribution in [0.4, 0.5) is 5.69 Å². The average molecular weight is 298 g/mol. The van der Waals surface area contributed by atoms with Crippen LogP contribution in [0.15, 0.2) is 24.3 Å². The summed E-state index contributed by atoms with van der Waals surface area (Å²) < 4.78 is 0. The molecule has 6 heteroatoms. The maximum atomic E-state index is 12.0. The second kappa shape index (κ2) is 6.08. The van der Waals surface area contributed by atoms with Crippen molar-refractivity contribution in [3.8, 4) is 0 Å². The molecule has 0 saturated heterocycles. The van der Waals surface area contributed by atoms with E-state index in [1.807, 2.05) is 0 Å². The van der Waals surface area contributed by atoms with Gasteiger partial charge >= 0.3 is 0 Å². The van der Waals surface area contributed by atoms with Crippen LogP contribution in [0.25, 0.3) is 0 Å². The van der Waals surface area contributed by atoms with Crippen molar-refractivity contribution in [2.24, 2.45) is 0 Å².